The minimum Gasteiger partial charge on any atom is -0.465 e. The molecule has 0 aliphatic heterocycles. The van der Waals surface area contributed by atoms with Crippen molar-refractivity contribution in [3.05, 3.63) is 48.2 Å². The van der Waals surface area contributed by atoms with E-state index in [9.17, 15) is 9.59 Å². The number of hydrogen-bond donors (Lipinski definition) is 2. The molecule has 1 fully saturated rings. The minimum absolute atomic E-state index is 0.0590. The number of carbonyl (C=O) groups is 2. The number of nitrogens with zero attached hydrogens (tertiary/aromatic N) is 1. The lowest BCUT2D eigenvalue weighted by Gasteiger charge is -2.20. The highest BCUT2D eigenvalue weighted by Gasteiger charge is 2.21. The summed E-state index contributed by atoms with van der Waals surface area (Å²) in [5.74, 6) is 0.329. The molecule has 2 N–H and O–H groups in total. The van der Waals surface area contributed by atoms with Crippen LogP contribution in [0.2, 0.25) is 0 Å². The van der Waals surface area contributed by atoms with Gasteiger partial charge in [-0.15, -0.1) is 0 Å². The molecule has 1 aliphatic carbocycles. The molecule has 3 rings (SSSR count). The number of methoxy groups -OCH3 is 1. The zero-order chi connectivity index (χ0) is 18.4. The Balaban J connectivity index is 1.61. The van der Waals surface area contributed by atoms with Gasteiger partial charge in [-0.2, -0.15) is 0 Å². The van der Waals surface area contributed by atoms with Crippen molar-refractivity contribution in [2.75, 3.05) is 17.7 Å². The maximum atomic E-state index is 12.3. The highest BCUT2D eigenvalue weighted by Crippen LogP contribution is 2.25. The van der Waals surface area contributed by atoms with Gasteiger partial charge in [0.05, 0.1) is 24.6 Å². The molecule has 0 saturated heterocycles. The number of benzene rings is 1. The standard InChI is InChI=1S/C20H23N3O3/c1-26-20(25)15-8-5-9-16(12-15)22-17-10-11-18(21-13-17)23-19(24)14-6-3-2-4-7-14/h5,8-14,22H,2-4,6-7H2,1H3,(H,21,23,24). The lowest BCUT2D eigenvalue weighted by Crippen LogP contribution is -2.25. The topological polar surface area (TPSA) is 80.3 Å². The monoisotopic (exact) mass is 353 g/mol. The molecular weight excluding hydrogens is 330 g/mol. The third-order valence-electron chi connectivity index (χ3n) is 4.56. The Bertz CT molecular complexity index is 768. The van der Waals surface area contributed by atoms with E-state index in [2.05, 4.69) is 15.6 Å². The number of carbonyl (C=O) groups excluding carboxylic acids is 2. The molecule has 1 aromatic heterocycles. The third-order valence-corrected chi connectivity index (χ3v) is 4.56. The number of ether oxygens (including phenoxy) is 1. The zero-order valence-electron chi connectivity index (χ0n) is 14.8. The number of esters is 1. The number of hydrogen-bond acceptors (Lipinski definition) is 5. The van der Waals surface area contributed by atoms with Crippen LogP contribution >= 0.6 is 0 Å². The van der Waals surface area contributed by atoms with Gasteiger partial charge in [-0.25, -0.2) is 9.78 Å². The van der Waals surface area contributed by atoms with Crippen molar-refractivity contribution >= 4 is 29.1 Å². The van der Waals surface area contributed by atoms with E-state index in [0.717, 1.165) is 37.1 Å². The summed E-state index contributed by atoms with van der Waals surface area (Å²) in [5, 5.41) is 6.08. The molecule has 0 atom stereocenters. The quantitative estimate of drug-likeness (QED) is 0.790. The number of aromatic nitrogens is 1. The summed E-state index contributed by atoms with van der Waals surface area (Å²) < 4.78 is 4.72. The van der Waals surface area contributed by atoms with Gasteiger partial charge in [-0.1, -0.05) is 25.3 Å². The molecule has 0 bridgehead atoms. The molecule has 136 valence electrons. The minimum atomic E-state index is -0.382. The Kier molecular flexibility index (Phi) is 5.84. The number of pyridine rings is 1. The highest BCUT2D eigenvalue weighted by molar-refractivity contribution is 5.92. The molecule has 0 spiro atoms. The van der Waals surface area contributed by atoms with Gasteiger partial charge in [-0.05, 0) is 43.2 Å². The fourth-order valence-corrected chi connectivity index (χ4v) is 3.14. The van der Waals surface area contributed by atoms with Gasteiger partial charge < -0.3 is 15.4 Å². The summed E-state index contributed by atoms with van der Waals surface area (Å²) in [4.78, 5) is 28.2. The van der Waals surface area contributed by atoms with Crippen LogP contribution < -0.4 is 10.6 Å². The smallest absolute Gasteiger partial charge is 0.337 e. The van der Waals surface area contributed by atoms with Crippen LogP contribution in [0.15, 0.2) is 42.6 Å². The Hall–Kier alpha value is -2.89. The molecule has 1 heterocycles. The van der Waals surface area contributed by atoms with Crippen LogP contribution in [0, 0.1) is 5.92 Å². The van der Waals surface area contributed by atoms with E-state index in [-0.39, 0.29) is 17.8 Å². The third kappa shape index (κ3) is 4.59. The largest absolute Gasteiger partial charge is 0.465 e. The van der Waals surface area contributed by atoms with E-state index < -0.39 is 0 Å². The van der Waals surface area contributed by atoms with E-state index in [1.807, 2.05) is 12.1 Å². The summed E-state index contributed by atoms with van der Waals surface area (Å²) in [6.45, 7) is 0. The van der Waals surface area contributed by atoms with Crippen LogP contribution in [0.3, 0.4) is 0 Å². The summed E-state index contributed by atoms with van der Waals surface area (Å²) in [6.07, 6.45) is 7.04. The molecule has 26 heavy (non-hydrogen) atoms. The van der Waals surface area contributed by atoms with Crippen molar-refractivity contribution in [2.24, 2.45) is 5.92 Å². The number of amides is 1. The SMILES string of the molecule is COC(=O)c1cccc(Nc2ccc(NC(=O)C3CCCCC3)nc2)c1. The first-order chi connectivity index (χ1) is 12.7. The molecule has 0 unspecified atom stereocenters. The average molecular weight is 353 g/mol. The second kappa shape index (κ2) is 8.47. The van der Waals surface area contributed by atoms with Gasteiger partial charge in [-0.3, -0.25) is 4.79 Å². The van der Waals surface area contributed by atoms with Gasteiger partial charge in [0.2, 0.25) is 5.91 Å². The van der Waals surface area contributed by atoms with Crippen LogP contribution in [0.5, 0.6) is 0 Å². The summed E-state index contributed by atoms with van der Waals surface area (Å²) in [6, 6.07) is 10.7. The van der Waals surface area contributed by atoms with Crippen molar-refractivity contribution in [1.82, 2.24) is 4.98 Å². The van der Waals surface area contributed by atoms with Gasteiger partial charge in [0.25, 0.3) is 0 Å². The zero-order valence-corrected chi connectivity index (χ0v) is 14.8. The molecule has 2 aromatic rings. The van der Waals surface area contributed by atoms with Crippen molar-refractivity contribution in [1.29, 1.82) is 0 Å². The van der Waals surface area contributed by atoms with Crippen LogP contribution in [-0.2, 0) is 9.53 Å². The number of anilines is 3. The van der Waals surface area contributed by atoms with Gasteiger partial charge in [0.1, 0.15) is 5.82 Å². The maximum absolute atomic E-state index is 12.3. The predicted molar refractivity (Wildman–Crippen MR) is 101 cm³/mol. The molecule has 1 aromatic carbocycles. The van der Waals surface area contributed by atoms with Gasteiger partial charge >= 0.3 is 5.97 Å². The summed E-state index contributed by atoms with van der Waals surface area (Å²) >= 11 is 0. The van der Waals surface area contributed by atoms with Crippen LogP contribution in [0.1, 0.15) is 42.5 Å². The molecule has 6 nitrogen and oxygen atoms in total. The van der Waals surface area contributed by atoms with E-state index in [4.69, 9.17) is 4.74 Å². The number of nitrogens with one attached hydrogen (secondary N) is 2. The lowest BCUT2D eigenvalue weighted by molar-refractivity contribution is -0.120. The number of rotatable bonds is 5. The normalized spacial score (nSPS) is 14.5. The lowest BCUT2D eigenvalue weighted by atomic mass is 9.89. The van der Waals surface area contributed by atoms with Crippen molar-refractivity contribution in [2.45, 2.75) is 32.1 Å². The molecular formula is C20H23N3O3. The highest BCUT2D eigenvalue weighted by atomic mass is 16.5. The van der Waals surface area contributed by atoms with E-state index >= 15 is 0 Å². The van der Waals surface area contributed by atoms with Crippen molar-refractivity contribution in [3.63, 3.8) is 0 Å². The second-order valence-corrected chi connectivity index (χ2v) is 6.45. The fraction of sp³-hybridized carbons (Fsp3) is 0.350. The Morgan fingerprint density at radius 3 is 2.58 bits per heavy atom. The fourth-order valence-electron chi connectivity index (χ4n) is 3.14. The Morgan fingerprint density at radius 1 is 1.08 bits per heavy atom. The van der Waals surface area contributed by atoms with Crippen molar-refractivity contribution < 1.29 is 14.3 Å². The van der Waals surface area contributed by atoms with Gasteiger partial charge in [0, 0.05) is 11.6 Å². The summed E-state index contributed by atoms with van der Waals surface area (Å²) in [7, 11) is 1.35. The average Bonchev–Trinajstić information content (AvgIpc) is 2.69. The van der Waals surface area contributed by atoms with Crippen LogP contribution in [0.4, 0.5) is 17.2 Å². The molecule has 6 heteroatoms. The molecule has 1 saturated carbocycles. The van der Waals surface area contributed by atoms with E-state index in [1.165, 1.54) is 13.5 Å². The first-order valence-electron chi connectivity index (χ1n) is 8.88. The predicted octanol–water partition coefficient (Wildman–Crippen LogP) is 4.13. The first kappa shape index (κ1) is 17.9. The van der Waals surface area contributed by atoms with Crippen LogP contribution in [0.25, 0.3) is 0 Å². The van der Waals surface area contributed by atoms with E-state index in [0.29, 0.717) is 11.4 Å². The van der Waals surface area contributed by atoms with Crippen LogP contribution in [-0.4, -0.2) is 24.0 Å². The summed E-state index contributed by atoms with van der Waals surface area (Å²) in [5.41, 5.74) is 2.00. The Morgan fingerprint density at radius 2 is 1.88 bits per heavy atom. The molecule has 1 amide bonds. The van der Waals surface area contributed by atoms with Crippen molar-refractivity contribution in [3.8, 4) is 0 Å². The van der Waals surface area contributed by atoms with E-state index in [1.54, 1.807) is 30.5 Å². The first-order valence-corrected chi connectivity index (χ1v) is 8.88. The second-order valence-electron chi connectivity index (χ2n) is 6.45. The maximum Gasteiger partial charge on any atom is 0.337 e. The Labute approximate surface area is 153 Å². The molecule has 1 aliphatic rings. The van der Waals surface area contributed by atoms with Gasteiger partial charge in [0.15, 0.2) is 0 Å². The molecule has 0 radical (unpaired) electrons.